The Hall–Kier alpha value is -3.52. The molecule has 0 amide bonds. The van der Waals surface area contributed by atoms with Crippen LogP contribution in [0.5, 0.6) is 11.5 Å². The number of hydrogen-bond donors (Lipinski definition) is 3. The molecule has 0 bridgehead atoms. The van der Waals surface area contributed by atoms with Crippen molar-refractivity contribution in [3.8, 4) is 17.6 Å². The van der Waals surface area contributed by atoms with Crippen LogP contribution < -0.4 is 0 Å². The molecular weight excluding hydrogens is 306 g/mol. The SMILES string of the molecule is CC=Cc1ccc(O)c(O)c1.N#CC(=CC(=O)O)c1ccccc1. The Labute approximate surface area is 140 Å². The highest BCUT2D eigenvalue weighted by molar-refractivity contribution is 5.94. The fourth-order valence-corrected chi connectivity index (χ4v) is 1.76. The molecule has 2 aromatic carbocycles. The lowest BCUT2D eigenvalue weighted by Crippen LogP contribution is -1.90. The first-order valence-corrected chi connectivity index (χ1v) is 7.02. The summed E-state index contributed by atoms with van der Waals surface area (Å²) in [7, 11) is 0. The van der Waals surface area contributed by atoms with E-state index in [-0.39, 0.29) is 17.1 Å². The van der Waals surface area contributed by atoms with Gasteiger partial charge >= 0.3 is 5.97 Å². The Morgan fingerprint density at radius 1 is 1.08 bits per heavy atom. The molecule has 5 nitrogen and oxygen atoms in total. The number of benzene rings is 2. The zero-order chi connectivity index (χ0) is 17.9. The van der Waals surface area contributed by atoms with E-state index in [1.54, 1.807) is 36.4 Å². The number of hydrogen-bond acceptors (Lipinski definition) is 4. The molecule has 0 unspecified atom stereocenters. The summed E-state index contributed by atoms with van der Waals surface area (Å²) in [4.78, 5) is 10.3. The largest absolute Gasteiger partial charge is 0.504 e. The second-order valence-electron chi connectivity index (χ2n) is 4.62. The lowest BCUT2D eigenvalue weighted by atomic mass is 10.1. The van der Waals surface area contributed by atoms with E-state index in [0.29, 0.717) is 5.56 Å². The maximum absolute atomic E-state index is 10.3. The standard InChI is InChI=1S/C10H7NO2.C9H10O2/c11-7-9(6-10(12)13)8-4-2-1-3-5-8;1-2-3-7-4-5-8(10)9(11)6-7/h1-6H,(H,12,13);2-6,10-11H,1H3. The summed E-state index contributed by atoms with van der Waals surface area (Å²) in [5, 5.41) is 35.1. The number of carbonyl (C=O) groups is 1. The average molecular weight is 323 g/mol. The van der Waals surface area contributed by atoms with Gasteiger partial charge in [0.1, 0.15) is 6.07 Å². The molecule has 0 atom stereocenters. The van der Waals surface area contributed by atoms with Crippen LogP contribution in [-0.2, 0) is 4.79 Å². The summed E-state index contributed by atoms with van der Waals surface area (Å²) in [6.07, 6.45) is 4.61. The van der Waals surface area contributed by atoms with Crippen LogP contribution in [0.25, 0.3) is 11.6 Å². The van der Waals surface area contributed by atoms with Crippen LogP contribution in [0.15, 0.2) is 60.7 Å². The monoisotopic (exact) mass is 323 g/mol. The quantitative estimate of drug-likeness (QED) is 0.453. The van der Waals surface area contributed by atoms with E-state index < -0.39 is 5.97 Å². The molecule has 0 saturated heterocycles. The highest BCUT2D eigenvalue weighted by Crippen LogP contribution is 2.25. The Morgan fingerprint density at radius 3 is 2.25 bits per heavy atom. The maximum Gasteiger partial charge on any atom is 0.329 e. The highest BCUT2D eigenvalue weighted by Gasteiger charge is 2.01. The highest BCUT2D eigenvalue weighted by atomic mass is 16.4. The van der Waals surface area contributed by atoms with Crippen LogP contribution in [0.2, 0.25) is 0 Å². The number of phenolic OH excluding ortho intramolecular Hbond substituents is 2. The number of nitrogens with zero attached hydrogens (tertiary/aromatic N) is 1. The molecule has 0 radical (unpaired) electrons. The summed E-state index contributed by atoms with van der Waals surface area (Å²) in [6.45, 7) is 1.89. The molecule has 0 aliphatic heterocycles. The molecule has 3 N–H and O–H groups in total. The normalized spacial score (nSPS) is 10.6. The van der Waals surface area contributed by atoms with Crippen molar-refractivity contribution in [2.45, 2.75) is 6.92 Å². The third kappa shape index (κ3) is 6.08. The van der Waals surface area contributed by atoms with Crippen molar-refractivity contribution in [3.05, 3.63) is 71.8 Å². The fourth-order valence-electron chi connectivity index (χ4n) is 1.76. The molecule has 0 aromatic heterocycles. The summed E-state index contributed by atoms with van der Waals surface area (Å²) in [6, 6.07) is 15.2. The van der Waals surface area contributed by atoms with Crippen molar-refractivity contribution in [2.75, 3.05) is 0 Å². The number of carboxylic acid groups (broad SMARTS) is 1. The van der Waals surface area contributed by atoms with Gasteiger partial charge in [-0.1, -0.05) is 48.6 Å². The van der Waals surface area contributed by atoms with Gasteiger partial charge in [-0.2, -0.15) is 5.26 Å². The predicted octanol–water partition coefficient (Wildman–Crippen LogP) is 3.81. The van der Waals surface area contributed by atoms with E-state index in [1.807, 2.05) is 25.1 Å². The Balaban J connectivity index is 0.000000243. The van der Waals surface area contributed by atoms with Crippen LogP contribution >= 0.6 is 0 Å². The Bertz CT molecular complexity index is 787. The molecule has 5 heteroatoms. The molecule has 0 heterocycles. The van der Waals surface area contributed by atoms with E-state index in [2.05, 4.69) is 0 Å². The zero-order valence-corrected chi connectivity index (χ0v) is 13.0. The Kier molecular flexibility index (Phi) is 7.32. The molecule has 0 spiro atoms. The van der Waals surface area contributed by atoms with E-state index in [9.17, 15) is 4.79 Å². The van der Waals surface area contributed by atoms with Crippen molar-refractivity contribution in [1.29, 1.82) is 5.26 Å². The number of phenols is 2. The number of rotatable bonds is 3. The van der Waals surface area contributed by atoms with Crippen molar-refractivity contribution < 1.29 is 20.1 Å². The van der Waals surface area contributed by atoms with Gasteiger partial charge in [0.15, 0.2) is 11.5 Å². The maximum atomic E-state index is 10.3. The van der Waals surface area contributed by atoms with E-state index >= 15 is 0 Å². The molecule has 0 saturated carbocycles. The second kappa shape index (κ2) is 9.49. The average Bonchev–Trinajstić information content (AvgIpc) is 2.57. The topological polar surface area (TPSA) is 102 Å². The van der Waals surface area contributed by atoms with Gasteiger partial charge in [0.25, 0.3) is 0 Å². The first-order chi connectivity index (χ1) is 11.5. The lowest BCUT2D eigenvalue weighted by molar-refractivity contribution is -0.131. The fraction of sp³-hybridized carbons (Fsp3) is 0.0526. The first-order valence-electron chi connectivity index (χ1n) is 7.02. The van der Waals surface area contributed by atoms with Crippen LogP contribution in [0.3, 0.4) is 0 Å². The molecule has 0 aliphatic carbocycles. The third-order valence-corrected chi connectivity index (χ3v) is 2.83. The van der Waals surface area contributed by atoms with Gasteiger partial charge in [-0.05, 0) is 30.2 Å². The minimum Gasteiger partial charge on any atom is -0.504 e. The molecule has 2 aromatic rings. The molecule has 24 heavy (non-hydrogen) atoms. The van der Waals surface area contributed by atoms with Crippen LogP contribution in [0.1, 0.15) is 18.1 Å². The zero-order valence-electron chi connectivity index (χ0n) is 13.0. The third-order valence-electron chi connectivity index (χ3n) is 2.83. The smallest absolute Gasteiger partial charge is 0.329 e. The van der Waals surface area contributed by atoms with Gasteiger partial charge in [-0.15, -0.1) is 0 Å². The Morgan fingerprint density at radius 2 is 1.75 bits per heavy atom. The number of carboxylic acids is 1. The predicted molar refractivity (Wildman–Crippen MR) is 92.1 cm³/mol. The van der Waals surface area contributed by atoms with Gasteiger partial charge in [0.05, 0.1) is 5.57 Å². The van der Waals surface area contributed by atoms with E-state index in [4.69, 9.17) is 20.6 Å². The van der Waals surface area contributed by atoms with Crippen molar-refractivity contribution in [1.82, 2.24) is 0 Å². The van der Waals surface area contributed by atoms with Crippen LogP contribution in [0, 0.1) is 11.3 Å². The number of nitriles is 1. The summed E-state index contributed by atoms with van der Waals surface area (Å²) in [5.74, 6) is -1.28. The minimum atomic E-state index is -1.11. The number of allylic oxidation sites excluding steroid dienone is 2. The molecule has 2 rings (SSSR count). The summed E-state index contributed by atoms with van der Waals surface area (Å²) >= 11 is 0. The van der Waals surface area contributed by atoms with Crippen LogP contribution in [-0.4, -0.2) is 21.3 Å². The van der Waals surface area contributed by atoms with Gasteiger partial charge in [0.2, 0.25) is 0 Å². The lowest BCUT2D eigenvalue weighted by Gasteiger charge is -1.97. The van der Waals surface area contributed by atoms with Crippen molar-refractivity contribution >= 4 is 17.6 Å². The molecule has 0 fully saturated rings. The van der Waals surface area contributed by atoms with Gasteiger partial charge < -0.3 is 15.3 Å². The van der Waals surface area contributed by atoms with E-state index in [1.165, 1.54) is 12.1 Å². The molecule has 122 valence electrons. The second-order valence-corrected chi connectivity index (χ2v) is 4.62. The van der Waals surface area contributed by atoms with Crippen LogP contribution in [0.4, 0.5) is 0 Å². The molecule has 0 aliphatic rings. The summed E-state index contributed by atoms with van der Waals surface area (Å²) in [5.41, 5.74) is 1.66. The first kappa shape index (κ1) is 18.5. The summed E-state index contributed by atoms with van der Waals surface area (Å²) < 4.78 is 0. The number of aromatic hydroxyl groups is 2. The minimum absolute atomic E-state index is 0.0828. The van der Waals surface area contributed by atoms with E-state index in [0.717, 1.165) is 11.6 Å². The number of aliphatic carboxylic acids is 1. The van der Waals surface area contributed by atoms with Crippen molar-refractivity contribution in [2.24, 2.45) is 0 Å². The van der Waals surface area contributed by atoms with Gasteiger partial charge in [-0.25, -0.2) is 4.79 Å². The van der Waals surface area contributed by atoms with Gasteiger partial charge in [0, 0.05) is 6.08 Å². The van der Waals surface area contributed by atoms with Crippen molar-refractivity contribution in [3.63, 3.8) is 0 Å². The molecular formula is C19H17NO4. The van der Waals surface area contributed by atoms with Gasteiger partial charge in [-0.3, -0.25) is 0 Å².